The molecule has 0 radical (unpaired) electrons. The van der Waals surface area contributed by atoms with Gasteiger partial charge in [-0.3, -0.25) is 4.79 Å². The summed E-state index contributed by atoms with van der Waals surface area (Å²) >= 11 is 5.96. The number of nitrogens with zero attached hydrogens (tertiary/aromatic N) is 3. The molecule has 1 aliphatic carbocycles. The Kier molecular flexibility index (Phi) is 4.47. The first-order chi connectivity index (χ1) is 12.5. The average Bonchev–Trinajstić information content (AvgIpc) is 3.33. The Balaban J connectivity index is 1.64. The van der Waals surface area contributed by atoms with Crippen molar-refractivity contribution < 1.29 is 13.7 Å². The minimum atomic E-state index is -0.548. The predicted octanol–water partition coefficient (Wildman–Crippen LogP) is 4.14. The van der Waals surface area contributed by atoms with Crippen molar-refractivity contribution in [3.05, 3.63) is 46.3 Å². The summed E-state index contributed by atoms with van der Waals surface area (Å²) in [6, 6.07) is 4.08. The number of halogens is 2. The van der Waals surface area contributed by atoms with Gasteiger partial charge < -0.3 is 9.42 Å². The monoisotopic (exact) mass is 377 g/mol. The van der Waals surface area contributed by atoms with Crippen molar-refractivity contribution >= 4 is 17.5 Å². The number of benzene rings is 1. The van der Waals surface area contributed by atoms with Gasteiger partial charge in [0.2, 0.25) is 5.89 Å². The van der Waals surface area contributed by atoms with Gasteiger partial charge >= 0.3 is 0 Å². The maximum atomic E-state index is 14.2. The lowest BCUT2D eigenvalue weighted by molar-refractivity contribution is 0.0602. The number of aryl methyl sites for hydroxylation is 1. The first kappa shape index (κ1) is 17.5. The molecule has 1 saturated heterocycles. The highest BCUT2D eigenvalue weighted by molar-refractivity contribution is 6.31. The van der Waals surface area contributed by atoms with Crippen molar-refractivity contribution in [3.8, 4) is 0 Å². The Hall–Kier alpha value is -1.95. The quantitative estimate of drug-likeness (QED) is 0.803. The van der Waals surface area contributed by atoms with Crippen LogP contribution in [0.4, 0.5) is 4.39 Å². The van der Waals surface area contributed by atoms with Gasteiger partial charge in [-0.25, -0.2) is 4.39 Å². The predicted molar refractivity (Wildman–Crippen MR) is 94.6 cm³/mol. The highest BCUT2D eigenvalue weighted by Gasteiger charge is 2.45. The molecule has 0 bridgehead atoms. The molecule has 1 aliphatic heterocycles. The van der Waals surface area contributed by atoms with E-state index < -0.39 is 5.82 Å². The molecule has 0 N–H and O–H groups in total. The Morgan fingerprint density at radius 2 is 2.27 bits per heavy atom. The molecule has 2 fully saturated rings. The molecule has 5 nitrogen and oxygen atoms in total. The maximum Gasteiger partial charge on any atom is 0.256 e. The first-order valence-electron chi connectivity index (χ1n) is 9.02. The second-order valence-corrected chi connectivity index (χ2v) is 7.96. The fourth-order valence-corrected chi connectivity index (χ4v) is 4.14. The zero-order valence-corrected chi connectivity index (χ0v) is 15.4. The van der Waals surface area contributed by atoms with E-state index in [9.17, 15) is 9.18 Å². The van der Waals surface area contributed by atoms with Crippen LogP contribution < -0.4 is 0 Å². The van der Waals surface area contributed by atoms with Gasteiger partial charge in [0, 0.05) is 25.0 Å². The number of rotatable bonds is 4. The van der Waals surface area contributed by atoms with Crippen LogP contribution in [0.15, 0.2) is 22.7 Å². The van der Waals surface area contributed by atoms with Crippen LogP contribution in [0.3, 0.4) is 0 Å². The van der Waals surface area contributed by atoms with E-state index in [1.54, 1.807) is 11.8 Å². The molecule has 2 aromatic rings. The topological polar surface area (TPSA) is 59.2 Å². The van der Waals surface area contributed by atoms with E-state index >= 15 is 0 Å². The van der Waals surface area contributed by atoms with Crippen molar-refractivity contribution in [1.82, 2.24) is 15.0 Å². The fraction of sp³-hybridized carbons (Fsp3) is 0.526. The molecule has 1 unspecified atom stereocenters. The van der Waals surface area contributed by atoms with Crippen molar-refractivity contribution in [3.63, 3.8) is 0 Å². The van der Waals surface area contributed by atoms with Crippen LogP contribution in [0.25, 0.3) is 0 Å². The van der Waals surface area contributed by atoms with E-state index in [-0.39, 0.29) is 16.9 Å². The van der Waals surface area contributed by atoms with E-state index in [4.69, 9.17) is 16.1 Å². The largest absolute Gasteiger partial charge is 0.340 e. The molecule has 1 saturated carbocycles. The van der Waals surface area contributed by atoms with Crippen molar-refractivity contribution in [2.45, 2.75) is 44.4 Å². The van der Waals surface area contributed by atoms with E-state index in [0.717, 1.165) is 19.3 Å². The third-order valence-corrected chi connectivity index (χ3v) is 5.64. The molecule has 2 heterocycles. The van der Waals surface area contributed by atoms with Gasteiger partial charge in [-0.05, 0) is 43.4 Å². The number of hydrogen-bond donors (Lipinski definition) is 0. The van der Waals surface area contributed by atoms with Crippen molar-refractivity contribution in [2.24, 2.45) is 5.92 Å². The van der Waals surface area contributed by atoms with Gasteiger partial charge in [0.15, 0.2) is 5.82 Å². The third-order valence-electron chi connectivity index (χ3n) is 5.40. The van der Waals surface area contributed by atoms with Crippen LogP contribution in [-0.2, 0) is 5.41 Å². The molecular weight excluding hydrogens is 357 g/mol. The van der Waals surface area contributed by atoms with Gasteiger partial charge in [0.1, 0.15) is 5.82 Å². The molecule has 1 aromatic carbocycles. The molecule has 4 rings (SSSR count). The van der Waals surface area contributed by atoms with E-state index in [0.29, 0.717) is 35.7 Å². The Bertz CT molecular complexity index is 836. The molecule has 1 amide bonds. The van der Waals surface area contributed by atoms with Gasteiger partial charge in [0.05, 0.1) is 11.0 Å². The number of likely N-dealkylation sites (tertiary alicyclic amines) is 1. The molecule has 7 heteroatoms. The molecule has 2 aliphatic rings. The molecular formula is C19H21ClFN3O2. The van der Waals surface area contributed by atoms with E-state index in [1.807, 2.05) is 0 Å². The Morgan fingerprint density at radius 1 is 1.46 bits per heavy atom. The smallest absolute Gasteiger partial charge is 0.256 e. The van der Waals surface area contributed by atoms with E-state index in [1.165, 1.54) is 31.0 Å². The normalized spacial score (nSPS) is 23.3. The van der Waals surface area contributed by atoms with Gasteiger partial charge in [-0.2, -0.15) is 4.98 Å². The summed E-state index contributed by atoms with van der Waals surface area (Å²) in [4.78, 5) is 19.2. The van der Waals surface area contributed by atoms with Crippen LogP contribution in [0.2, 0.25) is 5.02 Å². The second-order valence-electron chi connectivity index (χ2n) is 7.52. The number of aromatic nitrogens is 2. The average molecular weight is 378 g/mol. The standard InChI is InChI=1S/C19H21ClFN3O2/c1-12-22-18(23-26-12)19(10-13-3-4-13)7-2-8-24(11-19)17(25)15-9-14(20)5-6-16(15)21/h5-6,9,13H,2-4,7-8,10-11H2,1H3. The summed E-state index contributed by atoms with van der Waals surface area (Å²) in [5.41, 5.74) is -0.300. The summed E-state index contributed by atoms with van der Waals surface area (Å²) in [6.07, 6.45) is 5.08. The molecule has 26 heavy (non-hydrogen) atoms. The zero-order valence-electron chi connectivity index (χ0n) is 14.7. The third kappa shape index (κ3) is 3.34. The van der Waals surface area contributed by atoms with Crippen LogP contribution in [0.5, 0.6) is 0 Å². The summed E-state index contributed by atoms with van der Waals surface area (Å²) in [7, 11) is 0. The number of amides is 1. The van der Waals surface area contributed by atoms with Gasteiger partial charge in [-0.15, -0.1) is 0 Å². The summed E-state index contributed by atoms with van der Waals surface area (Å²) in [6.45, 7) is 2.84. The number of piperidine rings is 1. The minimum absolute atomic E-state index is 0.0176. The first-order valence-corrected chi connectivity index (χ1v) is 9.40. The van der Waals surface area contributed by atoms with Crippen LogP contribution in [0, 0.1) is 18.7 Å². The molecule has 1 atom stereocenters. The number of carbonyl (C=O) groups excluding carboxylic acids is 1. The SMILES string of the molecule is Cc1nc(C2(CC3CC3)CCCN(C(=O)c3cc(Cl)ccc3F)C2)no1. The Labute approximate surface area is 156 Å². The number of hydrogen-bond acceptors (Lipinski definition) is 4. The number of carbonyl (C=O) groups is 1. The van der Waals surface area contributed by atoms with Crippen molar-refractivity contribution in [2.75, 3.05) is 13.1 Å². The highest BCUT2D eigenvalue weighted by Crippen LogP contribution is 2.45. The maximum absolute atomic E-state index is 14.2. The zero-order chi connectivity index (χ0) is 18.3. The van der Waals surface area contributed by atoms with Gasteiger partial charge in [-0.1, -0.05) is 29.6 Å². The summed E-state index contributed by atoms with van der Waals surface area (Å²) < 4.78 is 19.4. The summed E-state index contributed by atoms with van der Waals surface area (Å²) in [5.74, 6) is 0.968. The minimum Gasteiger partial charge on any atom is -0.340 e. The molecule has 138 valence electrons. The van der Waals surface area contributed by atoms with Crippen LogP contribution in [0.1, 0.15) is 54.2 Å². The fourth-order valence-electron chi connectivity index (χ4n) is 3.97. The lowest BCUT2D eigenvalue weighted by Crippen LogP contribution is -2.49. The summed E-state index contributed by atoms with van der Waals surface area (Å²) in [5, 5.41) is 4.52. The van der Waals surface area contributed by atoms with Crippen molar-refractivity contribution in [1.29, 1.82) is 0 Å². The Morgan fingerprint density at radius 3 is 2.96 bits per heavy atom. The highest BCUT2D eigenvalue weighted by atomic mass is 35.5. The van der Waals surface area contributed by atoms with Crippen LogP contribution >= 0.6 is 11.6 Å². The molecule has 1 aromatic heterocycles. The van der Waals surface area contributed by atoms with Gasteiger partial charge in [0.25, 0.3) is 5.91 Å². The molecule has 0 spiro atoms. The lowest BCUT2D eigenvalue weighted by Gasteiger charge is -2.41. The van der Waals surface area contributed by atoms with Crippen LogP contribution in [-0.4, -0.2) is 34.0 Å². The van der Waals surface area contributed by atoms with E-state index in [2.05, 4.69) is 10.1 Å². The lowest BCUT2D eigenvalue weighted by atomic mass is 9.74. The second kappa shape index (κ2) is 6.65.